The fourth-order valence-corrected chi connectivity index (χ4v) is 5.48. The van der Waals surface area contributed by atoms with Crippen LogP contribution in [0.5, 0.6) is 0 Å². The van der Waals surface area contributed by atoms with Gasteiger partial charge in [-0.15, -0.1) is 0 Å². The van der Waals surface area contributed by atoms with Crippen LogP contribution in [0.3, 0.4) is 0 Å². The van der Waals surface area contributed by atoms with Gasteiger partial charge in [-0.2, -0.15) is 0 Å². The summed E-state index contributed by atoms with van der Waals surface area (Å²) in [7, 11) is 0. The average molecular weight is 311 g/mol. The highest BCUT2D eigenvalue weighted by Crippen LogP contribution is 2.64. The topological polar surface area (TPSA) is 26.3 Å². The molecule has 2 heteroatoms. The zero-order valence-electron chi connectivity index (χ0n) is 13.6. The molecule has 0 saturated heterocycles. The van der Waals surface area contributed by atoms with Gasteiger partial charge in [-0.3, -0.25) is 4.79 Å². The highest BCUT2D eigenvalue weighted by Gasteiger charge is 2.58. The van der Waals surface area contributed by atoms with Gasteiger partial charge in [-0.25, -0.2) is 0 Å². The van der Waals surface area contributed by atoms with Crippen LogP contribution in [0.25, 0.3) is 0 Å². The molecule has 1 unspecified atom stereocenters. The Hall–Kier alpha value is -0.530. The van der Waals surface area contributed by atoms with Crippen LogP contribution < -0.4 is 0 Å². The van der Waals surface area contributed by atoms with E-state index in [4.69, 9.17) is 4.74 Å². The Kier molecular flexibility index (Phi) is 5.79. The smallest absolute Gasteiger partial charge is 0.309 e. The lowest BCUT2D eigenvalue weighted by Crippen LogP contribution is -2.57. The third-order valence-corrected chi connectivity index (χ3v) is 6.69. The lowest BCUT2D eigenvalue weighted by atomic mass is 9.46. The molecule has 4 fully saturated rings. The maximum atomic E-state index is 12.3. The van der Waals surface area contributed by atoms with Gasteiger partial charge in [0.15, 0.2) is 0 Å². The third-order valence-electron chi connectivity index (χ3n) is 6.69. The fraction of sp³-hybridized carbons (Fsp3) is 0.950. The highest BCUT2D eigenvalue weighted by molar-refractivity contribution is 5.72. The van der Waals surface area contributed by atoms with Crippen LogP contribution in [0, 0.1) is 29.1 Å². The van der Waals surface area contributed by atoms with Crippen molar-refractivity contribution >= 4 is 5.97 Å². The second kappa shape index (κ2) is 6.53. The Morgan fingerprint density at radius 2 is 1.50 bits per heavy atom. The minimum absolute atomic E-state index is 0. The van der Waals surface area contributed by atoms with E-state index in [0.29, 0.717) is 0 Å². The molecule has 22 heavy (non-hydrogen) atoms. The summed E-state index contributed by atoms with van der Waals surface area (Å²) < 4.78 is 6.04. The van der Waals surface area contributed by atoms with Crippen molar-refractivity contribution in [2.45, 2.75) is 93.1 Å². The summed E-state index contributed by atoms with van der Waals surface area (Å²) in [6.45, 7) is 8.41. The number of carbonyl (C=O) groups is 1. The molecule has 0 aromatic heterocycles. The summed E-state index contributed by atoms with van der Waals surface area (Å²) >= 11 is 0. The average Bonchev–Trinajstić information content (AvgIpc) is 2.35. The maximum absolute atomic E-state index is 12.3. The van der Waals surface area contributed by atoms with Gasteiger partial charge < -0.3 is 4.74 Å². The Balaban J connectivity index is 0.00000121. The predicted molar refractivity (Wildman–Crippen MR) is 93.7 cm³/mol. The zero-order valence-corrected chi connectivity index (χ0v) is 13.6. The molecule has 0 aromatic carbocycles. The molecule has 0 spiro atoms. The maximum Gasteiger partial charge on any atom is 0.309 e. The summed E-state index contributed by atoms with van der Waals surface area (Å²) in [5.74, 6) is 2.75. The minimum atomic E-state index is -0.288. The molecule has 4 bridgehead atoms. The van der Waals surface area contributed by atoms with Crippen molar-refractivity contribution in [3.05, 3.63) is 0 Å². The summed E-state index contributed by atoms with van der Waals surface area (Å²) in [6, 6.07) is 0. The van der Waals surface area contributed by atoms with Crippen LogP contribution in [-0.4, -0.2) is 11.6 Å². The van der Waals surface area contributed by atoms with E-state index in [-0.39, 0.29) is 37.8 Å². The molecule has 0 aromatic rings. The Morgan fingerprint density at radius 1 is 1.09 bits per heavy atom. The van der Waals surface area contributed by atoms with Crippen molar-refractivity contribution in [3.63, 3.8) is 0 Å². The van der Waals surface area contributed by atoms with Gasteiger partial charge in [0.2, 0.25) is 0 Å². The molecule has 4 aliphatic rings. The first kappa shape index (κ1) is 19.5. The van der Waals surface area contributed by atoms with Crippen molar-refractivity contribution in [2.24, 2.45) is 29.1 Å². The first-order valence-electron chi connectivity index (χ1n) is 8.58. The van der Waals surface area contributed by atoms with E-state index in [0.717, 1.165) is 24.2 Å². The summed E-state index contributed by atoms with van der Waals surface area (Å²) in [5, 5.41) is 0. The van der Waals surface area contributed by atoms with Crippen molar-refractivity contribution in [2.75, 3.05) is 0 Å². The lowest BCUT2D eigenvalue weighted by Gasteiger charge is -2.61. The number of hydrogen-bond donors (Lipinski definition) is 0. The van der Waals surface area contributed by atoms with Crippen LogP contribution in [0.4, 0.5) is 0 Å². The number of hydrogen-bond acceptors (Lipinski definition) is 2. The molecule has 4 aliphatic carbocycles. The van der Waals surface area contributed by atoms with Gasteiger partial charge in [-0.1, -0.05) is 28.7 Å². The van der Waals surface area contributed by atoms with Crippen LogP contribution >= 0.6 is 0 Å². The predicted octanol–water partition coefficient (Wildman–Crippen LogP) is 5.84. The fourth-order valence-electron chi connectivity index (χ4n) is 5.48. The lowest BCUT2D eigenvalue weighted by molar-refractivity contribution is -0.201. The van der Waals surface area contributed by atoms with E-state index in [1.54, 1.807) is 0 Å². The van der Waals surface area contributed by atoms with Gasteiger partial charge in [0.05, 0.1) is 5.92 Å². The van der Waals surface area contributed by atoms with Gasteiger partial charge >= 0.3 is 5.97 Å². The van der Waals surface area contributed by atoms with Gasteiger partial charge in [-0.05, 0) is 76.5 Å². The molecule has 0 radical (unpaired) electrons. The third kappa shape index (κ3) is 3.08. The molecular formula is C20H38O2. The monoisotopic (exact) mass is 310 g/mol. The molecule has 0 aliphatic heterocycles. The van der Waals surface area contributed by atoms with E-state index >= 15 is 0 Å². The van der Waals surface area contributed by atoms with Gasteiger partial charge in [0, 0.05) is 5.41 Å². The molecule has 2 nitrogen and oxygen atoms in total. The number of rotatable bonds is 4. The van der Waals surface area contributed by atoms with E-state index in [1.807, 2.05) is 6.92 Å². The van der Waals surface area contributed by atoms with Crippen LogP contribution in [0.2, 0.25) is 0 Å². The quantitative estimate of drug-likeness (QED) is 0.609. The first-order chi connectivity index (χ1) is 9.35. The minimum Gasteiger partial charge on any atom is -0.459 e. The zero-order chi connectivity index (χ0) is 14.5. The van der Waals surface area contributed by atoms with E-state index < -0.39 is 0 Å². The highest BCUT2D eigenvalue weighted by atomic mass is 16.6. The standard InChI is InChI=1S/C18H30O2.2CH4/c1-5-12(2)16(19)20-17(3,4)18-9-13-6-14(10-18)8-15(7-13)11-18;;/h12-15H,5-11H2,1-4H3;2*1H4. The van der Waals surface area contributed by atoms with Gasteiger partial charge in [0.1, 0.15) is 5.60 Å². The van der Waals surface area contributed by atoms with Crippen molar-refractivity contribution in [3.8, 4) is 0 Å². The van der Waals surface area contributed by atoms with Crippen LogP contribution in [-0.2, 0) is 9.53 Å². The number of esters is 1. The van der Waals surface area contributed by atoms with Crippen LogP contribution in [0.15, 0.2) is 0 Å². The van der Waals surface area contributed by atoms with Crippen molar-refractivity contribution in [1.82, 2.24) is 0 Å². The van der Waals surface area contributed by atoms with Crippen LogP contribution in [0.1, 0.15) is 87.5 Å². The normalized spacial score (nSPS) is 37.0. The Morgan fingerprint density at radius 3 is 1.86 bits per heavy atom. The molecule has 1 atom stereocenters. The SMILES string of the molecule is C.C.CCC(C)C(=O)OC(C)(C)C12CC3CC(CC(C3)C1)C2. The largest absolute Gasteiger partial charge is 0.459 e. The molecule has 0 amide bonds. The van der Waals surface area contributed by atoms with Gasteiger partial charge in [0.25, 0.3) is 0 Å². The number of carbonyl (C=O) groups excluding carboxylic acids is 1. The van der Waals surface area contributed by atoms with Crippen molar-refractivity contribution in [1.29, 1.82) is 0 Å². The van der Waals surface area contributed by atoms with E-state index in [1.165, 1.54) is 38.5 Å². The second-order valence-corrected chi connectivity index (χ2v) is 8.44. The summed E-state index contributed by atoms with van der Waals surface area (Å²) in [6.07, 6.45) is 9.06. The molecule has 0 N–H and O–H groups in total. The summed E-state index contributed by atoms with van der Waals surface area (Å²) in [4.78, 5) is 12.3. The summed E-state index contributed by atoms with van der Waals surface area (Å²) in [5.41, 5.74) is -0.0194. The number of ether oxygens (including phenoxy) is 1. The second-order valence-electron chi connectivity index (χ2n) is 8.44. The molecule has 4 saturated carbocycles. The molecule has 4 rings (SSSR count). The van der Waals surface area contributed by atoms with E-state index in [9.17, 15) is 4.79 Å². The van der Waals surface area contributed by atoms with Crippen molar-refractivity contribution < 1.29 is 9.53 Å². The van der Waals surface area contributed by atoms with E-state index in [2.05, 4.69) is 20.8 Å². The Bertz CT molecular complexity index is 361. The molecule has 0 heterocycles. The molecule has 130 valence electrons. The Labute approximate surface area is 138 Å². The molecular weight excluding hydrogens is 272 g/mol. The first-order valence-corrected chi connectivity index (χ1v) is 8.58.